The molecule has 1 atom stereocenters. The number of rotatable bonds is 5. The first kappa shape index (κ1) is 22.4. The number of aliphatic imine (C=N–C) groups is 1. The number of aryl methyl sites for hydroxylation is 1. The topological polar surface area (TPSA) is 49.3 Å². The van der Waals surface area contributed by atoms with Crippen LogP contribution in [0.15, 0.2) is 22.5 Å². The van der Waals surface area contributed by atoms with Gasteiger partial charge in [0, 0.05) is 40.1 Å². The highest BCUT2D eigenvalue weighted by atomic mass is 127. The van der Waals surface area contributed by atoms with Crippen molar-refractivity contribution in [1.29, 1.82) is 0 Å². The summed E-state index contributed by atoms with van der Waals surface area (Å²) >= 11 is 3.58. The molecule has 0 saturated carbocycles. The maximum Gasteiger partial charge on any atom is 0.191 e. The van der Waals surface area contributed by atoms with Crippen LogP contribution in [0.5, 0.6) is 0 Å². The highest BCUT2D eigenvalue weighted by molar-refractivity contribution is 14.0. The van der Waals surface area contributed by atoms with Gasteiger partial charge in [0.1, 0.15) is 0 Å². The first-order valence-electron chi connectivity index (χ1n) is 8.25. The van der Waals surface area contributed by atoms with Gasteiger partial charge in [-0.2, -0.15) is 0 Å². The molecule has 0 aliphatic carbocycles. The first-order chi connectivity index (χ1) is 11.3. The van der Waals surface area contributed by atoms with Crippen LogP contribution in [0.3, 0.4) is 0 Å². The second-order valence-electron chi connectivity index (χ2n) is 7.08. The summed E-state index contributed by atoms with van der Waals surface area (Å²) in [5, 5.41) is 10.1. The van der Waals surface area contributed by atoms with E-state index in [2.05, 4.69) is 67.8 Å². The van der Waals surface area contributed by atoms with Gasteiger partial charge in [0.2, 0.25) is 0 Å². The second-order valence-corrected chi connectivity index (χ2v) is 9.31. The van der Waals surface area contributed by atoms with Gasteiger partial charge in [-0.3, -0.25) is 4.99 Å². The zero-order chi connectivity index (χ0) is 17.7. The van der Waals surface area contributed by atoms with Gasteiger partial charge in [-0.05, 0) is 26.0 Å². The third-order valence-electron chi connectivity index (χ3n) is 3.54. The Kier molecular flexibility index (Phi) is 8.83. The number of hydrogen-bond acceptors (Lipinski definition) is 4. The Morgan fingerprint density at radius 2 is 2.04 bits per heavy atom. The van der Waals surface area contributed by atoms with Crippen molar-refractivity contribution in [2.24, 2.45) is 4.99 Å². The molecule has 0 saturated heterocycles. The van der Waals surface area contributed by atoms with Crippen LogP contribution in [-0.2, 0) is 18.4 Å². The summed E-state index contributed by atoms with van der Waals surface area (Å²) < 4.78 is 0. The Morgan fingerprint density at radius 3 is 2.56 bits per heavy atom. The third-order valence-corrected chi connectivity index (χ3v) is 5.88. The van der Waals surface area contributed by atoms with Crippen molar-refractivity contribution in [2.75, 3.05) is 7.05 Å². The summed E-state index contributed by atoms with van der Waals surface area (Å²) in [6, 6.07) is 4.71. The standard InChI is InChI=1S/C18H28N4S2.HI/c1-12(9-15-8-7-13(2)24-15)21-17(19-6)20-10-14-11-23-16(22-14)18(3,4)5;/h7-8,11-12H,9-10H2,1-6H3,(H2,19,20,21);1H. The monoisotopic (exact) mass is 492 g/mol. The van der Waals surface area contributed by atoms with E-state index in [1.54, 1.807) is 18.4 Å². The Morgan fingerprint density at radius 1 is 1.32 bits per heavy atom. The summed E-state index contributed by atoms with van der Waals surface area (Å²) in [6.45, 7) is 11.6. The van der Waals surface area contributed by atoms with E-state index in [9.17, 15) is 0 Å². The minimum atomic E-state index is 0. The summed E-state index contributed by atoms with van der Waals surface area (Å²) in [7, 11) is 1.80. The number of thiophene rings is 1. The minimum Gasteiger partial charge on any atom is -0.354 e. The molecular weight excluding hydrogens is 463 g/mol. The second kappa shape index (κ2) is 9.87. The van der Waals surface area contributed by atoms with Crippen molar-refractivity contribution in [3.05, 3.63) is 38.0 Å². The summed E-state index contributed by atoms with van der Waals surface area (Å²) in [4.78, 5) is 11.8. The highest BCUT2D eigenvalue weighted by Gasteiger charge is 2.18. The molecule has 2 N–H and O–H groups in total. The summed E-state index contributed by atoms with van der Waals surface area (Å²) in [5.74, 6) is 0.820. The molecule has 0 amide bonds. The zero-order valence-corrected chi connectivity index (χ0v) is 19.8. The Bertz CT molecular complexity index is 685. The number of aromatic nitrogens is 1. The Hall–Kier alpha value is -0.670. The minimum absolute atomic E-state index is 0. The molecule has 2 rings (SSSR count). The lowest BCUT2D eigenvalue weighted by molar-refractivity contribution is 0.582. The van der Waals surface area contributed by atoms with Crippen molar-refractivity contribution in [3.8, 4) is 0 Å². The van der Waals surface area contributed by atoms with Crippen LogP contribution in [0, 0.1) is 6.92 Å². The van der Waals surface area contributed by atoms with Crippen molar-refractivity contribution in [2.45, 2.75) is 59.0 Å². The molecule has 25 heavy (non-hydrogen) atoms. The van der Waals surface area contributed by atoms with E-state index in [0.29, 0.717) is 12.6 Å². The third kappa shape index (κ3) is 7.22. The number of nitrogens with zero attached hydrogens (tertiary/aromatic N) is 2. The molecule has 2 aromatic heterocycles. The molecule has 4 nitrogen and oxygen atoms in total. The van der Waals surface area contributed by atoms with Crippen molar-refractivity contribution in [3.63, 3.8) is 0 Å². The lowest BCUT2D eigenvalue weighted by Crippen LogP contribution is -2.42. The normalized spacial score (nSPS) is 13.3. The van der Waals surface area contributed by atoms with Gasteiger partial charge in [0.25, 0.3) is 0 Å². The zero-order valence-electron chi connectivity index (χ0n) is 15.8. The molecule has 140 valence electrons. The van der Waals surface area contributed by atoms with Gasteiger partial charge >= 0.3 is 0 Å². The maximum atomic E-state index is 4.71. The van der Waals surface area contributed by atoms with E-state index in [1.165, 1.54) is 14.8 Å². The molecule has 0 fully saturated rings. The average molecular weight is 492 g/mol. The molecule has 7 heteroatoms. The molecule has 0 radical (unpaired) electrons. The van der Waals surface area contributed by atoms with Gasteiger partial charge in [0.05, 0.1) is 17.2 Å². The van der Waals surface area contributed by atoms with E-state index >= 15 is 0 Å². The smallest absolute Gasteiger partial charge is 0.191 e. The van der Waals surface area contributed by atoms with Gasteiger partial charge in [-0.15, -0.1) is 46.7 Å². The van der Waals surface area contributed by atoms with E-state index in [-0.39, 0.29) is 29.4 Å². The molecule has 1 unspecified atom stereocenters. The lowest BCUT2D eigenvalue weighted by Gasteiger charge is -2.17. The largest absolute Gasteiger partial charge is 0.354 e. The van der Waals surface area contributed by atoms with Crippen LogP contribution >= 0.6 is 46.7 Å². The quantitative estimate of drug-likeness (QED) is 0.361. The van der Waals surface area contributed by atoms with Gasteiger partial charge in [0.15, 0.2) is 5.96 Å². The van der Waals surface area contributed by atoms with Crippen molar-refractivity contribution < 1.29 is 0 Å². The predicted octanol–water partition coefficient (Wildman–Crippen LogP) is 4.72. The van der Waals surface area contributed by atoms with Crippen LogP contribution in [0.4, 0.5) is 0 Å². The molecule has 2 heterocycles. The van der Waals surface area contributed by atoms with Crippen LogP contribution < -0.4 is 10.6 Å². The number of thiazole rings is 1. The van der Waals surface area contributed by atoms with Gasteiger partial charge < -0.3 is 10.6 Å². The Balaban J connectivity index is 0.00000312. The lowest BCUT2D eigenvalue weighted by atomic mass is 9.98. The van der Waals surface area contributed by atoms with E-state index in [0.717, 1.165) is 18.1 Å². The maximum absolute atomic E-state index is 4.71. The number of halogens is 1. The first-order valence-corrected chi connectivity index (χ1v) is 9.95. The van der Waals surface area contributed by atoms with E-state index in [4.69, 9.17) is 4.98 Å². The number of hydrogen-bond donors (Lipinski definition) is 2. The SMILES string of the molecule is CN=C(NCc1csc(C(C)(C)C)n1)NC(C)Cc1ccc(C)s1.I. The van der Waals surface area contributed by atoms with Crippen molar-refractivity contribution in [1.82, 2.24) is 15.6 Å². The fourth-order valence-corrected chi connectivity index (χ4v) is 4.21. The van der Waals surface area contributed by atoms with Crippen molar-refractivity contribution >= 4 is 52.6 Å². The Labute approximate surface area is 176 Å². The molecule has 2 aromatic rings. The molecule has 0 bridgehead atoms. The highest BCUT2D eigenvalue weighted by Crippen LogP contribution is 2.25. The number of guanidine groups is 1. The molecular formula is C18H29IN4S2. The fourth-order valence-electron chi connectivity index (χ4n) is 2.28. The summed E-state index contributed by atoms with van der Waals surface area (Å²) in [6.07, 6.45) is 1.00. The average Bonchev–Trinajstić information content (AvgIpc) is 3.12. The van der Waals surface area contributed by atoms with Crippen LogP contribution in [0.2, 0.25) is 0 Å². The fraction of sp³-hybridized carbons (Fsp3) is 0.556. The van der Waals surface area contributed by atoms with Crippen LogP contribution in [0.1, 0.15) is 48.2 Å². The summed E-state index contributed by atoms with van der Waals surface area (Å²) in [5.41, 5.74) is 1.17. The van der Waals surface area contributed by atoms with Crippen LogP contribution in [-0.4, -0.2) is 24.0 Å². The van der Waals surface area contributed by atoms with E-state index in [1.807, 2.05) is 11.3 Å². The molecule has 0 aromatic carbocycles. The molecule has 0 aliphatic heterocycles. The predicted molar refractivity (Wildman–Crippen MR) is 122 cm³/mol. The number of nitrogens with one attached hydrogen (secondary N) is 2. The van der Waals surface area contributed by atoms with Gasteiger partial charge in [-0.25, -0.2) is 4.98 Å². The molecule has 0 aliphatic rings. The molecule has 0 spiro atoms. The van der Waals surface area contributed by atoms with Gasteiger partial charge in [-0.1, -0.05) is 20.8 Å². The van der Waals surface area contributed by atoms with E-state index < -0.39 is 0 Å². The van der Waals surface area contributed by atoms with Crippen LogP contribution in [0.25, 0.3) is 0 Å².